The summed E-state index contributed by atoms with van der Waals surface area (Å²) in [6.07, 6.45) is 1.37. The number of fused-ring (bicyclic) bond motifs is 1. The number of nitrogens with zero attached hydrogens (tertiary/aromatic N) is 1. The minimum atomic E-state index is -0.724. The molecule has 2 unspecified atom stereocenters. The zero-order valence-corrected chi connectivity index (χ0v) is 20.4. The molecule has 3 aromatic rings. The molecule has 1 saturated heterocycles. The number of likely N-dealkylation sites (tertiary alicyclic amines) is 1. The lowest BCUT2D eigenvalue weighted by atomic mass is 9.94. The van der Waals surface area contributed by atoms with Crippen LogP contribution in [0.5, 0.6) is 11.5 Å². The van der Waals surface area contributed by atoms with Gasteiger partial charge < -0.3 is 19.5 Å². The molecule has 6 nitrogen and oxygen atoms in total. The van der Waals surface area contributed by atoms with Crippen LogP contribution in [-0.2, 0) is 22.4 Å². The van der Waals surface area contributed by atoms with Gasteiger partial charge in [-0.15, -0.1) is 0 Å². The van der Waals surface area contributed by atoms with Crippen molar-refractivity contribution in [2.75, 3.05) is 13.2 Å². The number of Topliss-reactive ketones (excluding diaryl/α,β-unsaturated/α-hetero) is 1. The minimum absolute atomic E-state index is 0.0577. The molecule has 6 heteroatoms. The van der Waals surface area contributed by atoms with Crippen molar-refractivity contribution in [3.05, 3.63) is 101 Å². The number of rotatable bonds is 7. The van der Waals surface area contributed by atoms with Crippen LogP contribution in [-0.4, -0.2) is 41.0 Å². The maximum absolute atomic E-state index is 13.4. The molecular formula is C30H29NO5. The van der Waals surface area contributed by atoms with Gasteiger partial charge in [0.15, 0.2) is 0 Å². The second-order valence-corrected chi connectivity index (χ2v) is 9.19. The van der Waals surface area contributed by atoms with Crippen LogP contribution in [0.3, 0.4) is 0 Å². The van der Waals surface area contributed by atoms with E-state index < -0.39 is 17.7 Å². The molecule has 0 aromatic heterocycles. The number of aliphatic hydroxyl groups is 1. The standard InChI is InChI=1S/C30H29NO5/c1-3-35-24-11-7-10-21(18-24)27-26(28(32)22-12-13-25-23(17-22)16-19(2)36-25)29(33)30(34)31(27)15-14-20-8-5-4-6-9-20/h4-13,17-19,27,32H,3,14-16H2,1-2H3/b28-26+. The molecule has 0 saturated carbocycles. The molecule has 1 fully saturated rings. The second-order valence-electron chi connectivity index (χ2n) is 9.19. The summed E-state index contributed by atoms with van der Waals surface area (Å²) in [6, 6.07) is 21.9. The van der Waals surface area contributed by atoms with Crippen molar-refractivity contribution in [2.45, 2.75) is 38.8 Å². The van der Waals surface area contributed by atoms with E-state index in [2.05, 4.69) is 0 Å². The van der Waals surface area contributed by atoms with Crippen molar-refractivity contribution >= 4 is 17.4 Å². The Morgan fingerprint density at radius 2 is 1.86 bits per heavy atom. The van der Waals surface area contributed by atoms with Crippen molar-refractivity contribution in [1.82, 2.24) is 4.90 Å². The van der Waals surface area contributed by atoms with E-state index in [1.807, 2.05) is 80.6 Å². The third-order valence-corrected chi connectivity index (χ3v) is 6.68. The number of carbonyl (C=O) groups is 2. The zero-order chi connectivity index (χ0) is 25.2. The molecule has 3 aromatic carbocycles. The highest BCUT2D eigenvalue weighted by atomic mass is 16.5. The van der Waals surface area contributed by atoms with Gasteiger partial charge in [0.1, 0.15) is 23.4 Å². The third-order valence-electron chi connectivity index (χ3n) is 6.68. The first-order valence-electron chi connectivity index (χ1n) is 12.3. The minimum Gasteiger partial charge on any atom is -0.507 e. The summed E-state index contributed by atoms with van der Waals surface area (Å²) >= 11 is 0. The molecule has 0 radical (unpaired) electrons. The van der Waals surface area contributed by atoms with Crippen LogP contribution >= 0.6 is 0 Å². The predicted molar refractivity (Wildman–Crippen MR) is 137 cm³/mol. The molecule has 0 spiro atoms. The average molecular weight is 484 g/mol. The highest BCUT2D eigenvalue weighted by Gasteiger charge is 2.46. The second kappa shape index (κ2) is 9.90. The number of hydrogen-bond acceptors (Lipinski definition) is 5. The van der Waals surface area contributed by atoms with E-state index in [4.69, 9.17) is 9.47 Å². The van der Waals surface area contributed by atoms with Gasteiger partial charge in [-0.1, -0.05) is 42.5 Å². The molecule has 1 N–H and O–H groups in total. The molecule has 2 atom stereocenters. The van der Waals surface area contributed by atoms with E-state index in [1.165, 1.54) is 0 Å². The highest BCUT2D eigenvalue weighted by molar-refractivity contribution is 6.46. The van der Waals surface area contributed by atoms with E-state index in [-0.39, 0.29) is 17.4 Å². The quantitative estimate of drug-likeness (QED) is 0.288. The van der Waals surface area contributed by atoms with Gasteiger partial charge >= 0.3 is 0 Å². The van der Waals surface area contributed by atoms with Crippen molar-refractivity contribution in [3.8, 4) is 11.5 Å². The Morgan fingerprint density at radius 3 is 2.64 bits per heavy atom. The van der Waals surface area contributed by atoms with Crippen LogP contribution in [0.15, 0.2) is 78.4 Å². The Morgan fingerprint density at radius 1 is 1.06 bits per heavy atom. The van der Waals surface area contributed by atoms with Gasteiger partial charge in [0, 0.05) is 18.5 Å². The first kappa shape index (κ1) is 23.7. The summed E-state index contributed by atoms with van der Waals surface area (Å²) in [7, 11) is 0. The molecule has 2 aliphatic rings. The number of aliphatic hydroxyl groups excluding tert-OH is 1. The summed E-state index contributed by atoms with van der Waals surface area (Å²) in [6.45, 7) is 4.72. The van der Waals surface area contributed by atoms with Crippen LogP contribution in [0.4, 0.5) is 0 Å². The van der Waals surface area contributed by atoms with Crippen molar-refractivity contribution in [2.24, 2.45) is 0 Å². The Balaban J connectivity index is 1.58. The average Bonchev–Trinajstić information content (AvgIpc) is 3.38. The highest BCUT2D eigenvalue weighted by Crippen LogP contribution is 2.41. The smallest absolute Gasteiger partial charge is 0.295 e. The van der Waals surface area contributed by atoms with Gasteiger partial charge in [-0.2, -0.15) is 0 Å². The summed E-state index contributed by atoms with van der Waals surface area (Å²) in [5.41, 5.74) is 3.34. The molecule has 0 bridgehead atoms. The number of benzene rings is 3. The van der Waals surface area contributed by atoms with Gasteiger partial charge in [0.2, 0.25) is 0 Å². The SMILES string of the molecule is CCOc1cccc(C2/C(=C(\O)c3ccc4c(c3)CC(C)O4)C(=O)C(=O)N2CCc2ccccc2)c1. The van der Waals surface area contributed by atoms with Crippen LogP contribution < -0.4 is 9.47 Å². The number of amides is 1. The van der Waals surface area contributed by atoms with Crippen molar-refractivity contribution in [1.29, 1.82) is 0 Å². The van der Waals surface area contributed by atoms with Crippen molar-refractivity contribution < 1.29 is 24.2 Å². The zero-order valence-electron chi connectivity index (χ0n) is 20.4. The summed E-state index contributed by atoms with van der Waals surface area (Å²) in [4.78, 5) is 28.2. The van der Waals surface area contributed by atoms with Gasteiger partial charge in [-0.3, -0.25) is 9.59 Å². The van der Waals surface area contributed by atoms with Gasteiger partial charge in [0.05, 0.1) is 18.2 Å². The molecule has 2 aliphatic heterocycles. The van der Waals surface area contributed by atoms with E-state index in [0.29, 0.717) is 36.4 Å². The molecule has 0 aliphatic carbocycles. The fourth-order valence-corrected chi connectivity index (χ4v) is 5.02. The van der Waals surface area contributed by atoms with Crippen LogP contribution in [0.25, 0.3) is 5.76 Å². The maximum atomic E-state index is 13.4. The van der Waals surface area contributed by atoms with E-state index in [0.717, 1.165) is 23.3 Å². The largest absolute Gasteiger partial charge is 0.507 e. The Kier molecular flexibility index (Phi) is 6.51. The molecule has 1 amide bonds. The fraction of sp³-hybridized carbons (Fsp3) is 0.267. The van der Waals surface area contributed by atoms with E-state index in [9.17, 15) is 14.7 Å². The predicted octanol–water partition coefficient (Wildman–Crippen LogP) is 5.07. The first-order chi connectivity index (χ1) is 17.5. The van der Waals surface area contributed by atoms with E-state index >= 15 is 0 Å². The summed E-state index contributed by atoms with van der Waals surface area (Å²) < 4.78 is 11.5. The fourth-order valence-electron chi connectivity index (χ4n) is 5.02. The maximum Gasteiger partial charge on any atom is 0.295 e. The number of ketones is 1. The number of hydrogen-bond donors (Lipinski definition) is 1. The van der Waals surface area contributed by atoms with Crippen LogP contribution in [0.1, 0.15) is 42.1 Å². The third kappa shape index (κ3) is 4.47. The van der Waals surface area contributed by atoms with Crippen LogP contribution in [0.2, 0.25) is 0 Å². The summed E-state index contributed by atoms with van der Waals surface area (Å²) in [5, 5.41) is 11.4. The lowest BCUT2D eigenvalue weighted by Gasteiger charge is -2.26. The van der Waals surface area contributed by atoms with E-state index in [1.54, 1.807) is 11.0 Å². The van der Waals surface area contributed by atoms with Gasteiger partial charge in [0.25, 0.3) is 11.7 Å². The molecule has 184 valence electrons. The topological polar surface area (TPSA) is 76.1 Å². The van der Waals surface area contributed by atoms with Gasteiger partial charge in [-0.05, 0) is 67.3 Å². The van der Waals surface area contributed by atoms with Crippen molar-refractivity contribution in [3.63, 3.8) is 0 Å². The normalized spacial score (nSPS) is 20.3. The lowest BCUT2D eigenvalue weighted by molar-refractivity contribution is -0.139. The van der Waals surface area contributed by atoms with Gasteiger partial charge in [-0.25, -0.2) is 0 Å². The molecular weight excluding hydrogens is 454 g/mol. The number of carbonyl (C=O) groups excluding carboxylic acids is 2. The molecule has 36 heavy (non-hydrogen) atoms. The summed E-state index contributed by atoms with van der Waals surface area (Å²) in [5.74, 6) is -0.0460. The Labute approximate surface area is 210 Å². The monoisotopic (exact) mass is 483 g/mol. The Bertz CT molecular complexity index is 1330. The Hall–Kier alpha value is -4.06. The lowest BCUT2D eigenvalue weighted by Crippen LogP contribution is -2.31. The first-order valence-corrected chi connectivity index (χ1v) is 12.3. The van der Waals surface area contributed by atoms with Crippen LogP contribution in [0, 0.1) is 0 Å². The molecule has 5 rings (SSSR count). The molecule has 2 heterocycles. The number of ether oxygens (including phenoxy) is 2.